The number of nitrogens with zero attached hydrogens (tertiary/aromatic N) is 3. The molecule has 0 radical (unpaired) electrons. The Morgan fingerprint density at radius 2 is 1.98 bits per heavy atom. The van der Waals surface area contributed by atoms with Crippen LogP contribution in [0.25, 0.3) is 0 Å². The molecule has 2 aromatic heterocycles. The molecular formula is C33H41N5O5. The number of epoxide rings is 1. The van der Waals surface area contributed by atoms with Gasteiger partial charge in [-0.25, -0.2) is 9.97 Å². The number of aryl methyl sites for hydroxylation is 1. The van der Waals surface area contributed by atoms with Crippen molar-refractivity contribution in [2.24, 2.45) is 5.92 Å². The molecule has 3 aromatic rings. The number of aromatic nitrogens is 2. The van der Waals surface area contributed by atoms with Crippen LogP contribution in [0.2, 0.25) is 0 Å². The molecule has 1 amide bonds. The zero-order chi connectivity index (χ0) is 30.4. The van der Waals surface area contributed by atoms with Crippen LogP contribution in [0.5, 0.6) is 5.75 Å². The Morgan fingerprint density at radius 1 is 1.19 bits per heavy atom. The summed E-state index contributed by atoms with van der Waals surface area (Å²) in [5.74, 6) is 2.21. The average Bonchev–Trinajstić information content (AvgIpc) is 3.33. The number of nitrogens with one attached hydrogen (secondary N) is 2. The van der Waals surface area contributed by atoms with Crippen LogP contribution in [0.1, 0.15) is 48.9 Å². The number of ether oxygens (including phenoxy) is 4. The van der Waals surface area contributed by atoms with E-state index in [1.54, 1.807) is 12.3 Å². The number of amides is 1. The first kappa shape index (κ1) is 30.3. The molecular weight excluding hydrogens is 546 g/mol. The van der Waals surface area contributed by atoms with Gasteiger partial charge in [0.1, 0.15) is 30.0 Å². The lowest BCUT2D eigenvalue weighted by Gasteiger charge is -2.20. The fourth-order valence-corrected chi connectivity index (χ4v) is 5.01. The second-order valence-corrected chi connectivity index (χ2v) is 11.6. The molecule has 10 heteroatoms. The fourth-order valence-electron chi connectivity index (χ4n) is 5.01. The van der Waals surface area contributed by atoms with Crippen molar-refractivity contribution in [1.82, 2.24) is 15.3 Å². The molecule has 3 aliphatic heterocycles. The maximum absolute atomic E-state index is 12.3. The van der Waals surface area contributed by atoms with Gasteiger partial charge in [-0.1, -0.05) is 43.8 Å². The third-order valence-electron chi connectivity index (χ3n) is 7.37. The Morgan fingerprint density at radius 3 is 2.63 bits per heavy atom. The van der Waals surface area contributed by atoms with Crippen molar-refractivity contribution in [3.63, 3.8) is 0 Å². The summed E-state index contributed by atoms with van der Waals surface area (Å²) in [4.78, 5) is 23.3. The van der Waals surface area contributed by atoms with Crippen LogP contribution in [0, 0.1) is 12.8 Å². The first-order valence-corrected chi connectivity index (χ1v) is 14.7. The summed E-state index contributed by atoms with van der Waals surface area (Å²) in [5, 5.41) is 6.00. The predicted molar refractivity (Wildman–Crippen MR) is 165 cm³/mol. The van der Waals surface area contributed by atoms with Crippen molar-refractivity contribution in [1.29, 1.82) is 0 Å². The fraction of sp³-hybridized carbons (Fsp3) is 0.424. The van der Waals surface area contributed by atoms with E-state index in [4.69, 9.17) is 18.9 Å². The normalized spacial score (nSPS) is 21.8. The van der Waals surface area contributed by atoms with Gasteiger partial charge in [-0.15, -0.1) is 0 Å². The molecule has 228 valence electrons. The monoisotopic (exact) mass is 587 g/mol. The van der Waals surface area contributed by atoms with E-state index in [2.05, 4.69) is 39.0 Å². The summed E-state index contributed by atoms with van der Waals surface area (Å²) in [7, 11) is 0. The highest BCUT2D eigenvalue weighted by atomic mass is 16.7. The lowest BCUT2D eigenvalue weighted by Crippen LogP contribution is -2.25. The van der Waals surface area contributed by atoms with Gasteiger partial charge in [0.15, 0.2) is 11.5 Å². The third-order valence-corrected chi connectivity index (χ3v) is 7.37. The Labute approximate surface area is 253 Å². The smallest absolute Gasteiger partial charge is 0.270 e. The Kier molecular flexibility index (Phi) is 9.47. The molecule has 2 N–H and O–H groups in total. The van der Waals surface area contributed by atoms with Gasteiger partial charge in [0, 0.05) is 31.9 Å². The SMILES string of the molecule is C=C1OC1Nc1cc(OCC2COC(C)(C)O2)ccn1.Cc1nc(C(=O)NCc2ccccc2)ccc1N1CCC(C)C1. The number of rotatable bonds is 9. The molecule has 0 bridgehead atoms. The summed E-state index contributed by atoms with van der Waals surface area (Å²) >= 11 is 0. The van der Waals surface area contributed by atoms with Gasteiger partial charge in [-0.3, -0.25) is 4.79 Å². The number of carbonyl (C=O) groups excluding carboxylic acids is 1. The number of hydrogen-bond donors (Lipinski definition) is 2. The Hall–Kier alpha value is -4.15. The van der Waals surface area contributed by atoms with Crippen LogP contribution in [-0.2, 0) is 20.8 Å². The van der Waals surface area contributed by atoms with Gasteiger partial charge >= 0.3 is 0 Å². The van der Waals surface area contributed by atoms with Crippen molar-refractivity contribution in [3.8, 4) is 5.75 Å². The van der Waals surface area contributed by atoms with Gasteiger partial charge in [0.2, 0.25) is 6.23 Å². The van der Waals surface area contributed by atoms with Crippen LogP contribution < -0.4 is 20.3 Å². The zero-order valence-corrected chi connectivity index (χ0v) is 25.3. The average molecular weight is 588 g/mol. The molecule has 3 unspecified atom stereocenters. The summed E-state index contributed by atoms with van der Waals surface area (Å²) in [6.07, 6.45) is 2.71. The second-order valence-electron chi connectivity index (χ2n) is 11.6. The van der Waals surface area contributed by atoms with Crippen LogP contribution in [0.4, 0.5) is 11.5 Å². The maximum atomic E-state index is 12.3. The van der Waals surface area contributed by atoms with Gasteiger partial charge in [0.05, 0.1) is 18.0 Å². The lowest BCUT2D eigenvalue weighted by atomic mass is 10.2. The second kappa shape index (κ2) is 13.4. The Balaban J connectivity index is 0.000000173. The minimum absolute atomic E-state index is 0.0545. The van der Waals surface area contributed by atoms with Gasteiger partial charge in [-0.05, 0) is 56.9 Å². The van der Waals surface area contributed by atoms with E-state index in [1.165, 1.54) is 6.42 Å². The molecule has 3 aliphatic rings. The molecule has 5 heterocycles. The van der Waals surface area contributed by atoms with E-state index in [1.807, 2.05) is 69.3 Å². The molecule has 0 spiro atoms. The first-order chi connectivity index (χ1) is 20.6. The van der Waals surface area contributed by atoms with Gasteiger partial charge < -0.3 is 34.5 Å². The number of anilines is 2. The summed E-state index contributed by atoms with van der Waals surface area (Å²) in [6, 6.07) is 17.4. The van der Waals surface area contributed by atoms with E-state index in [0.717, 1.165) is 47.5 Å². The molecule has 3 fully saturated rings. The van der Waals surface area contributed by atoms with Gasteiger partial charge in [-0.2, -0.15) is 0 Å². The van der Waals surface area contributed by atoms with Crippen molar-refractivity contribution in [2.75, 3.05) is 36.5 Å². The number of hydrogen-bond acceptors (Lipinski definition) is 9. The van der Waals surface area contributed by atoms with E-state index < -0.39 is 5.79 Å². The number of carbonyl (C=O) groups is 1. The Bertz CT molecular complexity index is 1420. The van der Waals surface area contributed by atoms with Crippen molar-refractivity contribution >= 4 is 17.4 Å². The summed E-state index contributed by atoms with van der Waals surface area (Å²) in [6.45, 7) is 15.4. The largest absolute Gasteiger partial charge is 0.491 e. The molecule has 1 aromatic carbocycles. The minimum Gasteiger partial charge on any atom is -0.491 e. The molecule has 6 rings (SSSR count). The van der Waals surface area contributed by atoms with Gasteiger partial charge in [0.25, 0.3) is 5.91 Å². The highest BCUT2D eigenvalue weighted by Crippen LogP contribution is 2.28. The first-order valence-electron chi connectivity index (χ1n) is 14.7. The summed E-state index contributed by atoms with van der Waals surface area (Å²) < 4.78 is 22.0. The minimum atomic E-state index is -0.525. The molecule has 0 saturated carbocycles. The summed E-state index contributed by atoms with van der Waals surface area (Å²) in [5.41, 5.74) is 3.63. The van der Waals surface area contributed by atoms with Crippen LogP contribution in [-0.4, -0.2) is 60.3 Å². The van der Waals surface area contributed by atoms with Crippen LogP contribution in [0.15, 0.2) is 73.1 Å². The quantitative estimate of drug-likeness (QED) is 0.332. The highest BCUT2D eigenvalue weighted by Gasteiger charge is 2.33. The van der Waals surface area contributed by atoms with Crippen molar-refractivity contribution < 1.29 is 23.7 Å². The van der Waals surface area contributed by atoms with Crippen molar-refractivity contribution in [2.45, 2.75) is 58.8 Å². The number of pyridine rings is 2. The van der Waals surface area contributed by atoms with E-state index >= 15 is 0 Å². The molecule has 3 saturated heterocycles. The molecule has 0 aliphatic carbocycles. The number of benzene rings is 1. The molecule has 3 atom stereocenters. The van der Waals surface area contributed by atoms with E-state index in [9.17, 15) is 4.79 Å². The molecule has 43 heavy (non-hydrogen) atoms. The highest BCUT2D eigenvalue weighted by molar-refractivity contribution is 5.92. The lowest BCUT2D eigenvalue weighted by molar-refractivity contribution is -0.141. The maximum Gasteiger partial charge on any atom is 0.270 e. The van der Waals surface area contributed by atoms with E-state index in [0.29, 0.717) is 31.3 Å². The third kappa shape index (κ3) is 8.68. The molecule has 10 nitrogen and oxygen atoms in total. The topological polar surface area (TPSA) is 110 Å². The predicted octanol–water partition coefficient (Wildman–Crippen LogP) is 5.06. The zero-order valence-electron chi connectivity index (χ0n) is 25.3. The van der Waals surface area contributed by atoms with Crippen molar-refractivity contribution in [3.05, 3.63) is 90.1 Å². The van der Waals surface area contributed by atoms with Crippen LogP contribution >= 0.6 is 0 Å². The standard InChI is InChI=1S/C19H23N3O.C14H18N2O4/c1-14-10-11-22(13-14)18-9-8-17(21-15(18)2)19(23)20-12-16-6-4-3-5-7-16;1-9-13(19-9)16-12-6-10(4-5-15-12)17-7-11-8-18-14(2,3)20-11/h3-9,14H,10-13H2,1-2H3,(H,20,23);4-6,11,13H,1,7-8H2,2-3H3,(H,15,16). The van der Waals surface area contributed by atoms with E-state index in [-0.39, 0.29) is 18.2 Å². The van der Waals surface area contributed by atoms with Crippen LogP contribution in [0.3, 0.4) is 0 Å².